The van der Waals surface area contributed by atoms with Gasteiger partial charge in [-0.05, 0) is 55.4 Å². The van der Waals surface area contributed by atoms with E-state index in [0.717, 1.165) is 41.4 Å². The summed E-state index contributed by atoms with van der Waals surface area (Å²) in [5.41, 5.74) is 2.74. The topological polar surface area (TPSA) is 54.9 Å². The van der Waals surface area contributed by atoms with E-state index in [2.05, 4.69) is 37.8 Å². The second-order valence-electron chi connectivity index (χ2n) is 7.21. The number of carbonyl (C=O) groups excluding carboxylic acids is 1. The summed E-state index contributed by atoms with van der Waals surface area (Å²) >= 11 is 1.56. The molecule has 1 aromatic heterocycles. The lowest BCUT2D eigenvalue weighted by atomic mass is 10.1. The maximum Gasteiger partial charge on any atom is 0.260 e. The summed E-state index contributed by atoms with van der Waals surface area (Å²) in [5.74, 6) is 1.04. The predicted octanol–water partition coefficient (Wildman–Crippen LogP) is 4.86. The van der Waals surface area contributed by atoms with Crippen LogP contribution in [0.5, 0.6) is 11.5 Å². The molecule has 3 aromatic rings. The SMILES string of the molecule is CCc1ccc2nc(N(CCN(CC)CC)C(=O)c3ccc(OC)c(OC)c3)sc2c1. The first-order chi connectivity index (χ1) is 15.0. The predicted molar refractivity (Wildman–Crippen MR) is 128 cm³/mol. The lowest BCUT2D eigenvalue weighted by Gasteiger charge is -2.25. The van der Waals surface area contributed by atoms with Gasteiger partial charge in [0, 0.05) is 18.7 Å². The Morgan fingerprint density at radius 3 is 2.35 bits per heavy atom. The number of hydrogen-bond acceptors (Lipinski definition) is 6. The Morgan fingerprint density at radius 2 is 1.71 bits per heavy atom. The molecule has 7 heteroatoms. The summed E-state index contributed by atoms with van der Waals surface area (Å²) in [6, 6.07) is 11.6. The number of rotatable bonds is 10. The molecule has 0 N–H and O–H groups in total. The number of methoxy groups -OCH3 is 2. The Hall–Kier alpha value is -2.64. The number of likely N-dealkylation sites (N-methyl/N-ethyl adjacent to an activating group) is 1. The maximum absolute atomic E-state index is 13.6. The van der Waals surface area contributed by atoms with E-state index in [1.165, 1.54) is 5.56 Å². The zero-order valence-electron chi connectivity index (χ0n) is 19.0. The van der Waals surface area contributed by atoms with Crippen molar-refractivity contribution >= 4 is 32.6 Å². The fourth-order valence-corrected chi connectivity index (χ4v) is 4.54. The summed E-state index contributed by atoms with van der Waals surface area (Å²) < 4.78 is 11.8. The van der Waals surface area contributed by atoms with Crippen LogP contribution in [0.2, 0.25) is 0 Å². The Balaban J connectivity index is 1.98. The van der Waals surface area contributed by atoms with E-state index in [1.54, 1.807) is 48.7 Å². The van der Waals surface area contributed by atoms with Crippen molar-refractivity contribution < 1.29 is 14.3 Å². The monoisotopic (exact) mass is 441 g/mol. The number of ether oxygens (including phenoxy) is 2. The van der Waals surface area contributed by atoms with Crippen molar-refractivity contribution in [2.75, 3.05) is 45.3 Å². The molecule has 0 aliphatic rings. The largest absolute Gasteiger partial charge is 0.493 e. The highest BCUT2D eigenvalue weighted by Gasteiger charge is 2.23. The first-order valence-electron chi connectivity index (χ1n) is 10.7. The van der Waals surface area contributed by atoms with Gasteiger partial charge in [0.25, 0.3) is 5.91 Å². The number of amides is 1. The molecular weight excluding hydrogens is 410 g/mol. The van der Waals surface area contributed by atoms with Gasteiger partial charge in [0.05, 0.1) is 24.4 Å². The minimum absolute atomic E-state index is 0.0946. The van der Waals surface area contributed by atoms with Gasteiger partial charge in [0.1, 0.15) is 0 Å². The molecule has 3 rings (SSSR count). The van der Waals surface area contributed by atoms with Crippen LogP contribution in [-0.2, 0) is 6.42 Å². The Labute approximate surface area is 188 Å². The fourth-order valence-electron chi connectivity index (χ4n) is 3.48. The number of carbonyl (C=O) groups is 1. The van der Waals surface area contributed by atoms with Crippen molar-refractivity contribution in [1.82, 2.24) is 9.88 Å². The first kappa shape index (κ1) is 23.0. The van der Waals surface area contributed by atoms with Crippen molar-refractivity contribution in [2.24, 2.45) is 0 Å². The summed E-state index contributed by atoms with van der Waals surface area (Å²) in [7, 11) is 3.16. The minimum atomic E-state index is -0.0946. The smallest absolute Gasteiger partial charge is 0.260 e. The molecular formula is C24H31N3O3S. The number of benzene rings is 2. The number of nitrogens with zero attached hydrogens (tertiary/aromatic N) is 3. The number of aryl methyl sites for hydroxylation is 1. The van der Waals surface area contributed by atoms with Crippen LogP contribution < -0.4 is 14.4 Å². The third-order valence-corrected chi connectivity index (χ3v) is 6.53. The van der Waals surface area contributed by atoms with Crippen LogP contribution in [0.1, 0.15) is 36.7 Å². The minimum Gasteiger partial charge on any atom is -0.493 e. The van der Waals surface area contributed by atoms with Crippen LogP contribution in [0.3, 0.4) is 0 Å². The van der Waals surface area contributed by atoms with Gasteiger partial charge >= 0.3 is 0 Å². The molecule has 0 saturated heterocycles. The first-order valence-corrected chi connectivity index (χ1v) is 11.5. The van der Waals surface area contributed by atoms with Crippen molar-refractivity contribution in [1.29, 1.82) is 0 Å². The van der Waals surface area contributed by atoms with Crippen molar-refractivity contribution in [3.8, 4) is 11.5 Å². The molecule has 31 heavy (non-hydrogen) atoms. The molecule has 0 radical (unpaired) electrons. The van der Waals surface area contributed by atoms with Crippen LogP contribution in [-0.4, -0.2) is 56.2 Å². The van der Waals surface area contributed by atoms with E-state index >= 15 is 0 Å². The van der Waals surface area contributed by atoms with Crippen molar-refractivity contribution in [2.45, 2.75) is 27.2 Å². The van der Waals surface area contributed by atoms with E-state index in [9.17, 15) is 4.79 Å². The lowest BCUT2D eigenvalue weighted by Crippen LogP contribution is -2.38. The van der Waals surface area contributed by atoms with Gasteiger partial charge in [-0.25, -0.2) is 4.98 Å². The number of anilines is 1. The molecule has 0 aliphatic carbocycles. The average molecular weight is 442 g/mol. The lowest BCUT2D eigenvalue weighted by molar-refractivity contribution is 0.0983. The van der Waals surface area contributed by atoms with Gasteiger partial charge in [0.15, 0.2) is 16.6 Å². The summed E-state index contributed by atoms with van der Waals surface area (Å²) in [4.78, 5) is 22.5. The standard InChI is InChI=1S/C24H31N3O3S/c1-6-17-9-11-19-22(15-17)31-24(25-19)27(14-13-26(7-2)8-3)23(28)18-10-12-20(29-4)21(16-18)30-5/h9-12,15-16H,6-8,13-14H2,1-5H3. The highest BCUT2D eigenvalue weighted by Crippen LogP contribution is 2.32. The van der Waals surface area contributed by atoms with Crippen LogP contribution in [0.25, 0.3) is 10.2 Å². The van der Waals surface area contributed by atoms with Crippen LogP contribution in [0.4, 0.5) is 5.13 Å². The average Bonchev–Trinajstić information content (AvgIpc) is 3.23. The number of thiazole rings is 1. The van der Waals surface area contributed by atoms with Crippen molar-refractivity contribution in [3.05, 3.63) is 47.5 Å². The van der Waals surface area contributed by atoms with E-state index in [1.807, 2.05) is 6.07 Å². The summed E-state index contributed by atoms with van der Waals surface area (Å²) in [6.45, 7) is 9.63. The van der Waals surface area contributed by atoms with Gasteiger partial charge in [-0.15, -0.1) is 0 Å². The highest BCUT2D eigenvalue weighted by molar-refractivity contribution is 7.22. The molecule has 0 fully saturated rings. The van der Waals surface area contributed by atoms with Crippen molar-refractivity contribution in [3.63, 3.8) is 0 Å². The van der Waals surface area contributed by atoms with E-state index in [-0.39, 0.29) is 5.91 Å². The van der Waals surface area contributed by atoms with E-state index < -0.39 is 0 Å². The highest BCUT2D eigenvalue weighted by atomic mass is 32.1. The molecule has 1 amide bonds. The number of fused-ring (bicyclic) bond motifs is 1. The quantitative estimate of drug-likeness (QED) is 0.450. The zero-order valence-corrected chi connectivity index (χ0v) is 19.8. The molecule has 0 spiro atoms. The molecule has 0 unspecified atom stereocenters. The number of hydrogen-bond donors (Lipinski definition) is 0. The molecule has 166 valence electrons. The Morgan fingerprint density at radius 1 is 0.968 bits per heavy atom. The molecule has 6 nitrogen and oxygen atoms in total. The molecule has 0 atom stereocenters. The fraction of sp³-hybridized carbons (Fsp3) is 0.417. The second kappa shape index (κ2) is 10.6. The van der Waals surface area contributed by atoms with Gasteiger partial charge in [-0.3, -0.25) is 9.69 Å². The van der Waals surface area contributed by atoms with E-state index in [0.29, 0.717) is 23.6 Å². The van der Waals surface area contributed by atoms with Gasteiger partial charge in [0.2, 0.25) is 0 Å². The van der Waals surface area contributed by atoms with Gasteiger partial charge < -0.3 is 14.4 Å². The van der Waals surface area contributed by atoms with Gasteiger partial charge in [-0.1, -0.05) is 38.2 Å². The second-order valence-corrected chi connectivity index (χ2v) is 8.21. The van der Waals surface area contributed by atoms with Gasteiger partial charge in [-0.2, -0.15) is 0 Å². The molecule has 0 bridgehead atoms. The molecule has 0 saturated carbocycles. The molecule has 0 aliphatic heterocycles. The van der Waals surface area contributed by atoms with Crippen LogP contribution in [0.15, 0.2) is 36.4 Å². The summed E-state index contributed by atoms with van der Waals surface area (Å²) in [5, 5.41) is 0.718. The van der Waals surface area contributed by atoms with Crippen LogP contribution >= 0.6 is 11.3 Å². The number of aromatic nitrogens is 1. The zero-order chi connectivity index (χ0) is 22.4. The Kier molecular flexibility index (Phi) is 7.87. The summed E-state index contributed by atoms with van der Waals surface area (Å²) in [6.07, 6.45) is 0.972. The Bertz CT molecular complexity index is 1030. The van der Waals surface area contributed by atoms with E-state index in [4.69, 9.17) is 14.5 Å². The molecule has 1 heterocycles. The normalized spacial score (nSPS) is 11.2. The molecule has 2 aromatic carbocycles. The maximum atomic E-state index is 13.6. The van der Waals surface area contributed by atoms with Crippen LogP contribution in [0, 0.1) is 0 Å². The third-order valence-electron chi connectivity index (χ3n) is 5.49. The third kappa shape index (κ3) is 5.17.